The summed E-state index contributed by atoms with van der Waals surface area (Å²) in [5.41, 5.74) is 1.24. The van der Waals surface area contributed by atoms with Gasteiger partial charge in [0, 0.05) is 19.0 Å². The highest BCUT2D eigenvalue weighted by atomic mass is 16.5. The average Bonchev–Trinajstić information content (AvgIpc) is 2.99. The van der Waals surface area contributed by atoms with Crippen LogP contribution in [0.25, 0.3) is 5.57 Å². The van der Waals surface area contributed by atoms with Crippen molar-refractivity contribution in [2.45, 2.75) is 25.2 Å². The lowest BCUT2D eigenvalue weighted by atomic mass is 10.1. The number of aromatic nitrogens is 2. The predicted octanol–water partition coefficient (Wildman–Crippen LogP) is 1.67. The Bertz CT molecular complexity index is 392. The van der Waals surface area contributed by atoms with E-state index >= 15 is 0 Å². The topological polar surface area (TPSA) is 42.2 Å². The third-order valence-electron chi connectivity index (χ3n) is 3.07. The zero-order chi connectivity index (χ0) is 10.3. The van der Waals surface area contributed by atoms with E-state index in [1.165, 1.54) is 18.4 Å². The maximum Gasteiger partial charge on any atom is 0.230 e. The second kappa shape index (κ2) is 3.45. The smallest absolute Gasteiger partial charge is 0.230 e. The highest BCUT2D eigenvalue weighted by Gasteiger charge is 2.30. The summed E-state index contributed by atoms with van der Waals surface area (Å²) in [6, 6.07) is 0. The SMILES string of the molecule is CN1CC=C(c2noc(C3CC3)n2)CC1. The average molecular weight is 205 g/mol. The summed E-state index contributed by atoms with van der Waals surface area (Å²) < 4.78 is 5.25. The third-order valence-corrected chi connectivity index (χ3v) is 3.07. The minimum atomic E-state index is 0.554. The summed E-state index contributed by atoms with van der Waals surface area (Å²) in [4.78, 5) is 6.74. The second-order valence-electron chi connectivity index (χ2n) is 4.47. The van der Waals surface area contributed by atoms with E-state index in [4.69, 9.17) is 4.52 Å². The molecule has 0 N–H and O–H groups in total. The largest absolute Gasteiger partial charge is 0.339 e. The predicted molar refractivity (Wildman–Crippen MR) is 56.4 cm³/mol. The normalized spacial score (nSPS) is 22.9. The Labute approximate surface area is 89.0 Å². The molecular formula is C11H15N3O. The zero-order valence-corrected chi connectivity index (χ0v) is 8.94. The standard InChI is InChI=1S/C11H15N3O/c1-14-6-4-8(5-7-14)10-12-11(15-13-10)9-2-3-9/h4,9H,2-3,5-7H2,1H3. The van der Waals surface area contributed by atoms with Gasteiger partial charge in [0.2, 0.25) is 5.89 Å². The van der Waals surface area contributed by atoms with Crippen LogP contribution >= 0.6 is 0 Å². The number of nitrogens with zero attached hydrogens (tertiary/aromatic N) is 3. The summed E-state index contributed by atoms with van der Waals surface area (Å²) >= 11 is 0. The van der Waals surface area contributed by atoms with E-state index in [0.717, 1.165) is 31.2 Å². The van der Waals surface area contributed by atoms with Crippen LogP contribution in [0.15, 0.2) is 10.6 Å². The third kappa shape index (κ3) is 1.81. The van der Waals surface area contributed by atoms with Crippen LogP contribution in [-0.2, 0) is 0 Å². The number of hydrogen-bond donors (Lipinski definition) is 0. The molecule has 1 aromatic heterocycles. The lowest BCUT2D eigenvalue weighted by Crippen LogP contribution is -2.23. The molecule has 0 radical (unpaired) electrons. The van der Waals surface area contributed by atoms with Crippen LogP contribution in [0.1, 0.15) is 36.9 Å². The van der Waals surface area contributed by atoms with E-state index in [0.29, 0.717) is 5.92 Å². The van der Waals surface area contributed by atoms with E-state index in [1.54, 1.807) is 0 Å². The van der Waals surface area contributed by atoms with Crippen LogP contribution in [0.2, 0.25) is 0 Å². The van der Waals surface area contributed by atoms with Gasteiger partial charge in [0.1, 0.15) is 0 Å². The molecule has 0 unspecified atom stereocenters. The van der Waals surface area contributed by atoms with Crippen LogP contribution in [0.3, 0.4) is 0 Å². The van der Waals surface area contributed by atoms with Gasteiger partial charge < -0.3 is 9.42 Å². The lowest BCUT2D eigenvalue weighted by molar-refractivity contribution is 0.365. The van der Waals surface area contributed by atoms with Crippen molar-refractivity contribution in [1.82, 2.24) is 15.0 Å². The molecular weight excluding hydrogens is 190 g/mol. The van der Waals surface area contributed by atoms with Gasteiger partial charge in [-0.05, 0) is 31.9 Å². The Morgan fingerprint density at radius 2 is 2.33 bits per heavy atom. The van der Waals surface area contributed by atoms with Crippen molar-refractivity contribution in [3.63, 3.8) is 0 Å². The molecule has 1 fully saturated rings. The number of rotatable bonds is 2. The van der Waals surface area contributed by atoms with Crippen LogP contribution in [0.4, 0.5) is 0 Å². The minimum absolute atomic E-state index is 0.554. The summed E-state index contributed by atoms with van der Waals surface area (Å²) in [5, 5.41) is 4.05. The molecule has 4 nitrogen and oxygen atoms in total. The molecule has 2 heterocycles. The molecule has 3 rings (SSSR count). The van der Waals surface area contributed by atoms with Gasteiger partial charge in [-0.3, -0.25) is 0 Å². The highest BCUT2D eigenvalue weighted by molar-refractivity contribution is 5.60. The molecule has 0 saturated heterocycles. The molecule has 0 amide bonds. The van der Waals surface area contributed by atoms with E-state index < -0.39 is 0 Å². The van der Waals surface area contributed by atoms with Gasteiger partial charge in [0.25, 0.3) is 0 Å². The fraction of sp³-hybridized carbons (Fsp3) is 0.636. The molecule has 4 heteroatoms. The molecule has 1 aromatic rings. The highest BCUT2D eigenvalue weighted by Crippen LogP contribution is 2.39. The lowest BCUT2D eigenvalue weighted by Gasteiger charge is -2.19. The van der Waals surface area contributed by atoms with E-state index in [-0.39, 0.29) is 0 Å². The van der Waals surface area contributed by atoms with Crippen molar-refractivity contribution >= 4 is 5.57 Å². The van der Waals surface area contributed by atoms with E-state index in [2.05, 4.69) is 28.2 Å². The van der Waals surface area contributed by atoms with Gasteiger partial charge in [-0.1, -0.05) is 11.2 Å². The van der Waals surface area contributed by atoms with Crippen molar-refractivity contribution in [2.75, 3.05) is 20.1 Å². The van der Waals surface area contributed by atoms with Crippen LogP contribution in [-0.4, -0.2) is 35.2 Å². The van der Waals surface area contributed by atoms with Crippen molar-refractivity contribution in [1.29, 1.82) is 0 Å². The molecule has 0 atom stereocenters. The van der Waals surface area contributed by atoms with Crippen LogP contribution in [0, 0.1) is 0 Å². The summed E-state index contributed by atoms with van der Waals surface area (Å²) in [6.45, 7) is 2.07. The number of hydrogen-bond acceptors (Lipinski definition) is 4. The number of likely N-dealkylation sites (N-methyl/N-ethyl adjacent to an activating group) is 1. The summed E-state index contributed by atoms with van der Waals surface area (Å²) in [7, 11) is 2.12. The second-order valence-corrected chi connectivity index (χ2v) is 4.47. The van der Waals surface area contributed by atoms with Gasteiger partial charge in [-0.15, -0.1) is 0 Å². The molecule has 0 bridgehead atoms. The maximum atomic E-state index is 5.25. The molecule has 0 aromatic carbocycles. The zero-order valence-electron chi connectivity index (χ0n) is 8.94. The minimum Gasteiger partial charge on any atom is -0.339 e. The molecule has 2 aliphatic rings. The Morgan fingerprint density at radius 3 is 3.00 bits per heavy atom. The maximum absolute atomic E-state index is 5.25. The molecule has 15 heavy (non-hydrogen) atoms. The van der Waals surface area contributed by atoms with Crippen molar-refractivity contribution < 1.29 is 4.52 Å². The first-order chi connectivity index (χ1) is 7.33. The van der Waals surface area contributed by atoms with Gasteiger partial charge in [0.15, 0.2) is 5.82 Å². The van der Waals surface area contributed by atoms with Crippen molar-refractivity contribution in [3.8, 4) is 0 Å². The van der Waals surface area contributed by atoms with E-state index in [1.807, 2.05) is 0 Å². The molecule has 1 saturated carbocycles. The first-order valence-electron chi connectivity index (χ1n) is 5.54. The monoisotopic (exact) mass is 205 g/mol. The Kier molecular flexibility index (Phi) is 2.09. The Hall–Kier alpha value is -1.16. The molecule has 1 aliphatic carbocycles. The van der Waals surface area contributed by atoms with Gasteiger partial charge in [-0.2, -0.15) is 4.98 Å². The molecule has 80 valence electrons. The van der Waals surface area contributed by atoms with Gasteiger partial charge >= 0.3 is 0 Å². The van der Waals surface area contributed by atoms with Gasteiger partial charge in [-0.25, -0.2) is 0 Å². The van der Waals surface area contributed by atoms with Crippen LogP contribution in [0.5, 0.6) is 0 Å². The Morgan fingerprint density at radius 1 is 1.47 bits per heavy atom. The van der Waals surface area contributed by atoms with Crippen molar-refractivity contribution in [2.24, 2.45) is 0 Å². The molecule has 1 aliphatic heterocycles. The molecule has 0 spiro atoms. The van der Waals surface area contributed by atoms with E-state index in [9.17, 15) is 0 Å². The quantitative estimate of drug-likeness (QED) is 0.736. The summed E-state index contributed by atoms with van der Waals surface area (Å²) in [5.74, 6) is 2.20. The first-order valence-corrected chi connectivity index (χ1v) is 5.54. The fourth-order valence-electron chi connectivity index (χ4n) is 1.84. The summed E-state index contributed by atoms with van der Waals surface area (Å²) in [6.07, 6.45) is 5.65. The Balaban J connectivity index is 1.79. The van der Waals surface area contributed by atoms with Gasteiger partial charge in [0.05, 0.1) is 0 Å². The van der Waals surface area contributed by atoms with Crippen molar-refractivity contribution in [3.05, 3.63) is 17.8 Å². The van der Waals surface area contributed by atoms with Crippen LogP contribution < -0.4 is 0 Å². The fourth-order valence-corrected chi connectivity index (χ4v) is 1.84. The first kappa shape index (κ1) is 9.09.